The van der Waals surface area contributed by atoms with E-state index in [0.717, 1.165) is 6.07 Å². The Morgan fingerprint density at radius 2 is 1.79 bits per heavy atom. The molecule has 0 saturated carbocycles. The molecule has 0 bridgehead atoms. The van der Waals surface area contributed by atoms with Crippen LogP contribution in [-0.4, -0.2) is 25.2 Å². The molecule has 2 heterocycles. The van der Waals surface area contributed by atoms with Crippen LogP contribution in [0.15, 0.2) is 30.6 Å². The van der Waals surface area contributed by atoms with E-state index < -0.39 is 0 Å². The molecule has 2 aromatic heterocycles. The van der Waals surface area contributed by atoms with Crippen LogP contribution in [0, 0.1) is 0 Å². The summed E-state index contributed by atoms with van der Waals surface area (Å²) in [5.74, 6) is -0.289. The average molecular weight is 189 g/mol. The normalized spacial score (nSPS) is 10.0. The molecule has 0 unspecified atom stereocenters. The van der Waals surface area contributed by atoms with E-state index in [9.17, 15) is 0 Å². The van der Waals surface area contributed by atoms with Crippen molar-refractivity contribution in [1.82, 2.24) is 15.0 Å². The van der Waals surface area contributed by atoms with Crippen molar-refractivity contribution in [2.24, 2.45) is 0 Å². The Labute approximate surface area is 79.7 Å². The fraction of sp³-hybridized carbons (Fsp3) is 0. The van der Waals surface area contributed by atoms with Gasteiger partial charge < -0.3 is 10.2 Å². The summed E-state index contributed by atoms with van der Waals surface area (Å²) < 4.78 is 0. The molecule has 5 heteroatoms. The second kappa shape index (κ2) is 3.29. The Hall–Kier alpha value is -2.17. The van der Waals surface area contributed by atoms with Gasteiger partial charge >= 0.3 is 0 Å². The maximum Gasteiger partial charge on any atom is 0.218 e. The van der Waals surface area contributed by atoms with Gasteiger partial charge in [0.15, 0.2) is 5.82 Å². The average Bonchev–Trinajstić information content (AvgIpc) is 2.18. The minimum absolute atomic E-state index is 0.246. The SMILES string of the molecule is Oc1cc(O)nc(-c2cccnc2)n1. The molecule has 5 nitrogen and oxygen atoms in total. The topological polar surface area (TPSA) is 79.1 Å². The van der Waals surface area contributed by atoms with Gasteiger partial charge in [-0.1, -0.05) is 0 Å². The molecule has 14 heavy (non-hydrogen) atoms. The second-order valence-corrected chi connectivity index (χ2v) is 2.65. The molecule has 0 amide bonds. The summed E-state index contributed by atoms with van der Waals surface area (Å²) in [5.41, 5.74) is 0.638. The summed E-state index contributed by atoms with van der Waals surface area (Å²) >= 11 is 0. The van der Waals surface area contributed by atoms with Crippen LogP contribution in [0.1, 0.15) is 0 Å². The highest BCUT2D eigenvalue weighted by atomic mass is 16.3. The van der Waals surface area contributed by atoms with Gasteiger partial charge in [-0.05, 0) is 12.1 Å². The molecule has 0 aliphatic carbocycles. The Kier molecular flexibility index (Phi) is 1.98. The van der Waals surface area contributed by atoms with Gasteiger partial charge in [-0.25, -0.2) is 0 Å². The minimum Gasteiger partial charge on any atom is -0.493 e. The molecule has 2 N–H and O–H groups in total. The maximum absolute atomic E-state index is 9.12. The van der Waals surface area contributed by atoms with Crippen LogP contribution in [0.3, 0.4) is 0 Å². The third-order valence-electron chi connectivity index (χ3n) is 1.62. The van der Waals surface area contributed by atoms with Crippen molar-refractivity contribution in [3.05, 3.63) is 30.6 Å². The minimum atomic E-state index is -0.267. The summed E-state index contributed by atoms with van der Waals surface area (Å²) in [5, 5.41) is 18.2. The molecule has 0 aliphatic heterocycles. The molecule has 0 aliphatic rings. The van der Waals surface area contributed by atoms with E-state index in [1.807, 2.05) is 0 Å². The molecule has 0 aromatic carbocycles. The van der Waals surface area contributed by atoms with Crippen molar-refractivity contribution in [2.75, 3.05) is 0 Å². The van der Waals surface area contributed by atoms with E-state index in [0.29, 0.717) is 5.56 Å². The zero-order chi connectivity index (χ0) is 9.97. The smallest absolute Gasteiger partial charge is 0.218 e. The van der Waals surface area contributed by atoms with Crippen molar-refractivity contribution in [3.8, 4) is 23.1 Å². The number of hydrogen-bond donors (Lipinski definition) is 2. The van der Waals surface area contributed by atoms with Crippen LogP contribution < -0.4 is 0 Å². The predicted octanol–water partition coefficient (Wildman–Crippen LogP) is 0.950. The standard InChI is InChI=1S/C9H7N3O2/c13-7-4-8(14)12-9(11-7)6-2-1-3-10-5-6/h1-5H,(H2,11,12,13,14). The Morgan fingerprint density at radius 3 is 2.36 bits per heavy atom. The highest BCUT2D eigenvalue weighted by molar-refractivity contribution is 5.54. The van der Waals surface area contributed by atoms with Crippen molar-refractivity contribution in [3.63, 3.8) is 0 Å². The molecular formula is C9H7N3O2. The first-order chi connectivity index (χ1) is 6.75. The number of aromatic hydroxyl groups is 2. The van der Waals surface area contributed by atoms with E-state index >= 15 is 0 Å². The molecule has 2 aromatic rings. The molecule has 0 radical (unpaired) electrons. The monoisotopic (exact) mass is 189 g/mol. The molecule has 0 saturated heterocycles. The van der Waals surface area contributed by atoms with Crippen LogP contribution in [0.5, 0.6) is 11.8 Å². The van der Waals surface area contributed by atoms with Crippen molar-refractivity contribution in [2.45, 2.75) is 0 Å². The first-order valence-corrected chi connectivity index (χ1v) is 3.93. The van der Waals surface area contributed by atoms with Gasteiger partial charge in [0.2, 0.25) is 11.8 Å². The van der Waals surface area contributed by atoms with Crippen LogP contribution in [0.25, 0.3) is 11.4 Å². The van der Waals surface area contributed by atoms with E-state index in [1.165, 1.54) is 0 Å². The van der Waals surface area contributed by atoms with Crippen LogP contribution >= 0.6 is 0 Å². The fourth-order valence-electron chi connectivity index (χ4n) is 1.05. The summed E-state index contributed by atoms with van der Waals surface area (Å²) in [6, 6.07) is 4.53. The lowest BCUT2D eigenvalue weighted by atomic mass is 10.3. The Bertz CT molecular complexity index is 425. The predicted molar refractivity (Wildman–Crippen MR) is 48.6 cm³/mol. The highest BCUT2D eigenvalue weighted by Gasteiger charge is 2.04. The first-order valence-electron chi connectivity index (χ1n) is 3.93. The fourth-order valence-corrected chi connectivity index (χ4v) is 1.05. The quantitative estimate of drug-likeness (QED) is 0.698. The second-order valence-electron chi connectivity index (χ2n) is 2.65. The number of pyridine rings is 1. The van der Waals surface area contributed by atoms with Gasteiger partial charge in [0.05, 0.1) is 6.07 Å². The largest absolute Gasteiger partial charge is 0.493 e. The van der Waals surface area contributed by atoms with Crippen LogP contribution in [0.4, 0.5) is 0 Å². The summed E-state index contributed by atoms with van der Waals surface area (Å²) in [7, 11) is 0. The van der Waals surface area contributed by atoms with E-state index in [2.05, 4.69) is 15.0 Å². The van der Waals surface area contributed by atoms with E-state index in [-0.39, 0.29) is 17.6 Å². The van der Waals surface area contributed by atoms with Gasteiger partial charge in [0.25, 0.3) is 0 Å². The molecule has 0 atom stereocenters. The lowest BCUT2D eigenvalue weighted by molar-refractivity contribution is 0.423. The molecule has 70 valence electrons. The van der Waals surface area contributed by atoms with Gasteiger partial charge in [-0.2, -0.15) is 9.97 Å². The molecular weight excluding hydrogens is 182 g/mol. The third-order valence-corrected chi connectivity index (χ3v) is 1.62. The zero-order valence-corrected chi connectivity index (χ0v) is 7.12. The van der Waals surface area contributed by atoms with Gasteiger partial charge in [-0.15, -0.1) is 0 Å². The zero-order valence-electron chi connectivity index (χ0n) is 7.12. The van der Waals surface area contributed by atoms with Crippen LogP contribution in [0.2, 0.25) is 0 Å². The summed E-state index contributed by atoms with van der Waals surface area (Å²) in [6.45, 7) is 0. The van der Waals surface area contributed by atoms with Gasteiger partial charge in [0, 0.05) is 18.0 Å². The maximum atomic E-state index is 9.12. The molecule has 0 fully saturated rings. The lowest BCUT2D eigenvalue weighted by Crippen LogP contribution is -1.89. The number of rotatable bonds is 1. The number of nitrogens with zero attached hydrogens (tertiary/aromatic N) is 3. The Morgan fingerprint density at radius 1 is 1.07 bits per heavy atom. The number of hydrogen-bond acceptors (Lipinski definition) is 5. The van der Waals surface area contributed by atoms with Crippen molar-refractivity contribution < 1.29 is 10.2 Å². The highest BCUT2D eigenvalue weighted by Crippen LogP contribution is 2.19. The van der Waals surface area contributed by atoms with E-state index in [4.69, 9.17) is 10.2 Å². The molecule has 0 spiro atoms. The number of aromatic nitrogens is 3. The van der Waals surface area contributed by atoms with Crippen molar-refractivity contribution >= 4 is 0 Å². The van der Waals surface area contributed by atoms with Gasteiger partial charge in [0.1, 0.15) is 0 Å². The van der Waals surface area contributed by atoms with Crippen molar-refractivity contribution in [1.29, 1.82) is 0 Å². The van der Waals surface area contributed by atoms with Gasteiger partial charge in [-0.3, -0.25) is 4.98 Å². The first kappa shape index (κ1) is 8.43. The molecule has 2 rings (SSSR count). The summed E-state index contributed by atoms with van der Waals surface area (Å²) in [4.78, 5) is 11.4. The lowest BCUT2D eigenvalue weighted by Gasteiger charge is -1.99. The summed E-state index contributed by atoms with van der Waals surface area (Å²) in [6.07, 6.45) is 3.17. The van der Waals surface area contributed by atoms with Crippen LogP contribution in [-0.2, 0) is 0 Å². The van der Waals surface area contributed by atoms with E-state index in [1.54, 1.807) is 24.5 Å². The Balaban J connectivity index is 2.52. The third kappa shape index (κ3) is 1.61.